The van der Waals surface area contributed by atoms with Crippen LogP contribution in [0.5, 0.6) is 5.75 Å². The molecule has 0 radical (unpaired) electrons. The molecule has 5 rings (SSSR count). The number of aromatic nitrogens is 2. The van der Waals surface area contributed by atoms with Gasteiger partial charge >= 0.3 is 0 Å². The third-order valence-corrected chi connectivity index (χ3v) is 7.58. The number of thioether (sulfide) groups is 1. The molecule has 1 saturated heterocycles. The zero-order chi connectivity index (χ0) is 23.5. The average molecular weight is 481 g/mol. The number of aromatic amines is 1. The second-order valence-electron chi connectivity index (χ2n) is 8.97. The maximum absolute atomic E-state index is 13.7. The molecule has 0 saturated carbocycles. The van der Waals surface area contributed by atoms with Crippen LogP contribution in [0.3, 0.4) is 0 Å². The third kappa shape index (κ3) is 5.13. The number of benzene rings is 2. The van der Waals surface area contributed by atoms with Crippen molar-refractivity contribution in [1.29, 1.82) is 0 Å². The minimum atomic E-state index is -0.368. The Morgan fingerprint density at radius 2 is 2.12 bits per heavy atom. The number of fused-ring (bicyclic) bond motifs is 1. The molecule has 1 atom stereocenters. The highest BCUT2D eigenvalue weighted by Crippen LogP contribution is 2.34. The van der Waals surface area contributed by atoms with E-state index < -0.39 is 0 Å². The molecule has 1 amide bonds. The molecular formula is C26H29FN4O2S. The Bertz CT molecular complexity index is 1180. The highest BCUT2D eigenvalue weighted by Gasteiger charge is 2.27. The van der Waals surface area contributed by atoms with E-state index in [-0.39, 0.29) is 24.2 Å². The number of hydrogen-bond donors (Lipinski definition) is 2. The monoisotopic (exact) mass is 480 g/mol. The summed E-state index contributed by atoms with van der Waals surface area (Å²) in [6.07, 6.45) is 4.84. The molecule has 2 aromatic carbocycles. The molecule has 0 aliphatic carbocycles. The number of rotatable bonds is 7. The highest BCUT2D eigenvalue weighted by atomic mass is 32.2. The van der Waals surface area contributed by atoms with Crippen molar-refractivity contribution in [3.05, 3.63) is 59.7 Å². The Hall–Kier alpha value is -2.84. The first-order valence-electron chi connectivity index (χ1n) is 11.8. The van der Waals surface area contributed by atoms with E-state index in [4.69, 9.17) is 4.74 Å². The van der Waals surface area contributed by atoms with E-state index in [1.165, 1.54) is 38.1 Å². The molecule has 0 bridgehead atoms. The van der Waals surface area contributed by atoms with Gasteiger partial charge in [0.2, 0.25) is 5.91 Å². The van der Waals surface area contributed by atoms with Crippen LogP contribution in [-0.2, 0) is 11.2 Å². The molecule has 1 aromatic heterocycles. The first-order chi connectivity index (χ1) is 16.6. The van der Waals surface area contributed by atoms with Gasteiger partial charge in [-0.3, -0.25) is 9.89 Å². The van der Waals surface area contributed by atoms with Gasteiger partial charge in [-0.2, -0.15) is 5.10 Å². The lowest BCUT2D eigenvalue weighted by Gasteiger charge is -2.25. The number of ether oxygens (including phenoxy) is 1. The first kappa shape index (κ1) is 22.9. The Morgan fingerprint density at radius 1 is 1.26 bits per heavy atom. The Labute approximate surface area is 203 Å². The molecular weight excluding hydrogens is 451 g/mol. The lowest BCUT2D eigenvalue weighted by atomic mass is 9.95. The molecule has 0 spiro atoms. The maximum atomic E-state index is 13.7. The van der Waals surface area contributed by atoms with Crippen LogP contribution in [0.2, 0.25) is 0 Å². The van der Waals surface area contributed by atoms with Crippen LogP contribution in [0.4, 0.5) is 10.1 Å². The minimum absolute atomic E-state index is 0.108. The van der Waals surface area contributed by atoms with E-state index in [2.05, 4.69) is 26.5 Å². The number of anilines is 1. The van der Waals surface area contributed by atoms with Gasteiger partial charge in [-0.25, -0.2) is 4.39 Å². The number of carbonyl (C=O) groups is 1. The van der Waals surface area contributed by atoms with Gasteiger partial charge in [-0.1, -0.05) is 6.07 Å². The number of carbonyl (C=O) groups excluding carboxylic acids is 1. The van der Waals surface area contributed by atoms with Crippen LogP contribution in [0.25, 0.3) is 11.1 Å². The van der Waals surface area contributed by atoms with Gasteiger partial charge in [-0.15, -0.1) is 11.8 Å². The number of amides is 1. The summed E-state index contributed by atoms with van der Waals surface area (Å²) in [6.45, 7) is 5.66. The van der Waals surface area contributed by atoms with Crippen LogP contribution in [0.15, 0.2) is 47.5 Å². The predicted octanol–water partition coefficient (Wildman–Crippen LogP) is 4.90. The van der Waals surface area contributed by atoms with Crippen molar-refractivity contribution < 1.29 is 13.9 Å². The third-order valence-electron chi connectivity index (χ3n) is 6.54. The number of halogens is 1. The second kappa shape index (κ2) is 10.2. The molecule has 3 aromatic rings. The van der Waals surface area contributed by atoms with E-state index in [0.29, 0.717) is 12.2 Å². The van der Waals surface area contributed by atoms with Crippen molar-refractivity contribution in [1.82, 2.24) is 15.1 Å². The Balaban J connectivity index is 1.33. The van der Waals surface area contributed by atoms with Gasteiger partial charge in [-0.05, 0) is 80.7 Å². The van der Waals surface area contributed by atoms with E-state index in [9.17, 15) is 9.18 Å². The van der Waals surface area contributed by atoms with Gasteiger partial charge in [0.15, 0.2) is 0 Å². The zero-order valence-electron chi connectivity index (χ0n) is 19.3. The van der Waals surface area contributed by atoms with Crippen LogP contribution in [0, 0.1) is 18.7 Å². The largest absolute Gasteiger partial charge is 0.492 e. The molecule has 8 heteroatoms. The van der Waals surface area contributed by atoms with Crippen molar-refractivity contribution in [3.8, 4) is 16.9 Å². The molecule has 3 heterocycles. The summed E-state index contributed by atoms with van der Waals surface area (Å²) in [5, 5.41) is 10.3. The van der Waals surface area contributed by atoms with Gasteiger partial charge in [0.25, 0.3) is 0 Å². The first-order valence-corrected chi connectivity index (χ1v) is 12.8. The van der Waals surface area contributed by atoms with E-state index >= 15 is 0 Å². The summed E-state index contributed by atoms with van der Waals surface area (Å²) >= 11 is 1.76. The van der Waals surface area contributed by atoms with Gasteiger partial charge in [0, 0.05) is 28.5 Å². The van der Waals surface area contributed by atoms with Crippen LogP contribution in [0.1, 0.15) is 24.1 Å². The Kier molecular flexibility index (Phi) is 6.87. The summed E-state index contributed by atoms with van der Waals surface area (Å²) in [4.78, 5) is 16.7. The fourth-order valence-corrected chi connectivity index (χ4v) is 5.67. The second-order valence-corrected chi connectivity index (χ2v) is 10.1. The maximum Gasteiger partial charge on any atom is 0.231 e. The summed E-state index contributed by atoms with van der Waals surface area (Å²) in [7, 11) is 0. The van der Waals surface area contributed by atoms with E-state index in [1.54, 1.807) is 17.8 Å². The number of H-pyrrole nitrogens is 1. The fourth-order valence-electron chi connectivity index (χ4n) is 4.61. The standard InChI is InChI=1S/C26H29FN4O2S/c1-17-22(15-28-30-17)18-4-6-23(25(14-18)34-11-10-31-8-2-3-9-31)29-26(32)20-12-19-13-21(27)5-7-24(19)33-16-20/h4-7,13-15,20H,2-3,8-12,16H2,1H3,(H,28,30)(H,29,32). The van der Waals surface area contributed by atoms with Crippen molar-refractivity contribution >= 4 is 23.4 Å². The fraction of sp³-hybridized carbons (Fsp3) is 0.385. The molecule has 6 nitrogen and oxygen atoms in total. The highest BCUT2D eigenvalue weighted by molar-refractivity contribution is 7.99. The predicted molar refractivity (Wildman–Crippen MR) is 133 cm³/mol. The topological polar surface area (TPSA) is 70.2 Å². The SMILES string of the molecule is Cc1[nH]ncc1-c1ccc(NC(=O)C2COc3ccc(F)cc3C2)c(SCCN2CCCC2)c1. The molecule has 1 unspecified atom stereocenters. The van der Waals surface area contributed by atoms with Crippen LogP contribution < -0.4 is 10.1 Å². The van der Waals surface area contributed by atoms with Crippen LogP contribution >= 0.6 is 11.8 Å². The molecule has 34 heavy (non-hydrogen) atoms. The number of nitrogens with zero attached hydrogens (tertiary/aromatic N) is 2. The lowest BCUT2D eigenvalue weighted by Crippen LogP contribution is -2.32. The quantitative estimate of drug-likeness (QED) is 0.471. The van der Waals surface area contributed by atoms with Gasteiger partial charge in [0.05, 0.1) is 17.8 Å². The zero-order valence-corrected chi connectivity index (χ0v) is 20.1. The average Bonchev–Trinajstić information content (AvgIpc) is 3.51. The van der Waals surface area contributed by atoms with E-state index in [0.717, 1.165) is 45.3 Å². The summed E-state index contributed by atoms with van der Waals surface area (Å²) in [6, 6.07) is 10.6. The van der Waals surface area contributed by atoms with Gasteiger partial charge in [0.1, 0.15) is 18.2 Å². The van der Waals surface area contributed by atoms with Crippen molar-refractivity contribution in [2.75, 3.05) is 37.3 Å². The van der Waals surface area contributed by atoms with Crippen molar-refractivity contribution in [2.24, 2.45) is 5.92 Å². The van der Waals surface area contributed by atoms with Gasteiger partial charge < -0.3 is 15.0 Å². The number of hydrogen-bond acceptors (Lipinski definition) is 5. The van der Waals surface area contributed by atoms with E-state index in [1.807, 2.05) is 25.3 Å². The van der Waals surface area contributed by atoms with Crippen molar-refractivity contribution in [3.63, 3.8) is 0 Å². The molecule has 1 fully saturated rings. The molecule has 2 aliphatic heterocycles. The summed E-state index contributed by atoms with van der Waals surface area (Å²) in [5.41, 5.74) is 4.66. The summed E-state index contributed by atoms with van der Waals surface area (Å²) in [5.74, 6) is 0.820. The number of aryl methyl sites for hydroxylation is 1. The molecule has 178 valence electrons. The molecule has 2 N–H and O–H groups in total. The minimum Gasteiger partial charge on any atom is -0.492 e. The number of nitrogens with one attached hydrogen (secondary N) is 2. The smallest absolute Gasteiger partial charge is 0.231 e. The molecule has 2 aliphatic rings. The van der Waals surface area contributed by atoms with Crippen molar-refractivity contribution in [2.45, 2.75) is 31.1 Å². The lowest BCUT2D eigenvalue weighted by molar-refractivity contribution is -0.121. The van der Waals surface area contributed by atoms with Crippen LogP contribution in [-0.4, -0.2) is 53.0 Å². The summed E-state index contributed by atoms with van der Waals surface area (Å²) < 4.78 is 19.4. The Morgan fingerprint density at radius 3 is 2.91 bits per heavy atom. The number of likely N-dealkylation sites (tertiary alicyclic amines) is 1. The normalized spacial score (nSPS) is 17.9.